The molecule has 0 saturated carbocycles. The lowest BCUT2D eigenvalue weighted by atomic mass is 10.4. The van der Waals surface area contributed by atoms with Crippen molar-refractivity contribution < 1.29 is 9.90 Å². The van der Waals surface area contributed by atoms with E-state index in [4.69, 9.17) is 0 Å². The van der Waals surface area contributed by atoms with Gasteiger partial charge in [0, 0.05) is 5.97 Å². The topological polar surface area (TPSA) is 40.1 Å². The molecule has 68 valence electrons. The Labute approximate surface area is 73.4 Å². The number of hydrogen-bond donors (Lipinski definition) is 0. The molecule has 0 aliphatic heterocycles. The summed E-state index contributed by atoms with van der Waals surface area (Å²) in [6.45, 7) is 3.76. The van der Waals surface area contributed by atoms with Crippen molar-refractivity contribution in [2.45, 2.75) is 33.1 Å². The van der Waals surface area contributed by atoms with Crippen molar-refractivity contribution in [2.24, 2.45) is 0 Å². The molecule has 2 nitrogen and oxygen atoms in total. The fraction of sp³-hybridized carbons (Fsp3) is 0.875. The maximum absolute atomic E-state index is 9.26. The van der Waals surface area contributed by atoms with Crippen molar-refractivity contribution in [1.29, 1.82) is 0 Å². The monoisotopic (exact) mass is 178 g/mol. The van der Waals surface area contributed by atoms with Crippen molar-refractivity contribution in [3.05, 3.63) is 0 Å². The number of carboxylic acid groups (broad SMARTS) is 1. The lowest BCUT2D eigenvalue weighted by Gasteiger charge is -1.87. The third-order valence-electron chi connectivity index (χ3n) is 1.02. The van der Waals surface area contributed by atoms with Gasteiger partial charge in [0.05, 0.1) is 6.26 Å². The number of thiol groups is 1. The Morgan fingerprint density at radius 3 is 2.00 bits per heavy atom. The van der Waals surface area contributed by atoms with Crippen LogP contribution in [0.15, 0.2) is 0 Å². The van der Waals surface area contributed by atoms with Crippen LogP contribution in [0.25, 0.3) is 0 Å². The fourth-order valence-corrected chi connectivity index (χ4v) is 0.949. The molecule has 0 fully saturated rings. The van der Waals surface area contributed by atoms with Gasteiger partial charge < -0.3 is 9.90 Å². The summed E-state index contributed by atoms with van der Waals surface area (Å²) in [6, 6.07) is 0. The molecule has 0 bridgehead atoms. The largest absolute Gasteiger partial charge is 0.550 e. The molecule has 11 heavy (non-hydrogen) atoms. The molecule has 0 atom stereocenters. The Hall–Kier alpha value is -0.180. The minimum atomic E-state index is -0.995. The van der Waals surface area contributed by atoms with Gasteiger partial charge in [0.2, 0.25) is 0 Å². The molecule has 0 aliphatic carbocycles. The summed E-state index contributed by atoms with van der Waals surface area (Å²) in [5.41, 5.74) is 0. The van der Waals surface area contributed by atoms with Gasteiger partial charge in [-0.1, -0.05) is 20.3 Å². The quantitative estimate of drug-likeness (QED) is 0.355. The first-order chi connectivity index (χ1) is 5.18. The summed E-state index contributed by atoms with van der Waals surface area (Å²) < 4.78 is 0. The number of aliphatic carboxylic acids is 1. The van der Waals surface area contributed by atoms with E-state index < -0.39 is 5.97 Å². The average Bonchev–Trinajstić information content (AvgIpc) is 2.02. The zero-order valence-corrected chi connectivity index (χ0v) is 8.49. The van der Waals surface area contributed by atoms with E-state index in [-0.39, 0.29) is 6.42 Å². The molecule has 0 heterocycles. The fourth-order valence-electron chi connectivity index (χ4n) is 0.316. The molecule has 0 N–H and O–H groups in total. The van der Waals surface area contributed by atoms with Crippen molar-refractivity contribution >= 4 is 17.7 Å². The smallest absolute Gasteiger partial charge is 0.105 e. The van der Waals surface area contributed by atoms with Gasteiger partial charge in [-0.15, -0.1) is 0 Å². The van der Waals surface area contributed by atoms with E-state index in [0.717, 1.165) is 0 Å². The maximum atomic E-state index is 9.26. The summed E-state index contributed by atoms with van der Waals surface area (Å²) in [6.07, 6.45) is 5.06. The molecule has 0 unspecified atom stereocenters. The predicted molar refractivity (Wildman–Crippen MR) is 49.8 cm³/mol. The van der Waals surface area contributed by atoms with E-state index in [1.807, 2.05) is 0 Å². The lowest BCUT2D eigenvalue weighted by Crippen LogP contribution is -2.19. The van der Waals surface area contributed by atoms with Gasteiger partial charge in [0.15, 0.2) is 0 Å². The van der Waals surface area contributed by atoms with Crippen molar-refractivity contribution in [3.63, 3.8) is 0 Å². The van der Waals surface area contributed by atoms with Crippen molar-refractivity contribution in [3.8, 4) is 0 Å². The molecule has 3 heteroatoms. The predicted octanol–water partition coefficient (Wildman–Crippen LogP) is 0.377. The van der Waals surface area contributed by atoms with Crippen LogP contribution in [0.3, 0.4) is 0 Å². The SMILES string of the molecule is CCC(=O)[O-].CCCC[SH+]C. The van der Waals surface area contributed by atoms with Gasteiger partial charge >= 0.3 is 0 Å². The van der Waals surface area contributed by atoms with Crippen LogP contribution in [0.2, 0.25) is 0 Å². The van der Waals surface area contributed by atoms with Crippen LogP contribution in [0.4, 0.5) is 0 Å². The Kier molecular flexibility index (Phi) is 15.2. The molecule has 0 spiro atoms. The third kappa shape index (κ3) is 25.8. The molecule has 0 aliphatic rings. The Balaban J connectivity index is 0. The van der Waals surface area contributed by atoms with E-state index in [9.17, 15) is 9.90 Å². The summed E-state index contributed by atoms with van der Waals surface area (Å²) in [5, 5.41) is 9.26. The first-order valence-electron chi connectivity index (χ1n) is 3.94. The number of hydrogen-bond acceptors (Lipinski definition) is 2. The van der Waals surface area contributed by atoms with Crippen LogP contribution in [0.1, 0.15) is 33.1 Å². The highest BCUT2D eigenvalue weighted by molar-refractivity contribution is 7.77. The minimum Gasteiger partial charge on any atom is -0.550 e. The highest BCUT2D eigenvalue weighted by Gasteiger charge is 1.82. The molecule has 0 saturated heterocycles. The Morgan fingerprint density at radius 1 is 1.45 bits per heavy atom. The van der Waals surface area contributed by atoms with E-state index in [1.54, 1.807) is 11.8 Å². The molecule has 0 rings (SSSR count). The van der Waals surface area contributed by atoms with Crippen LogP contribution in [0, 0.1) is 0 Å². The van der Waals surface area contributed by atoms with Crippen LogP contribution in [-0.4, -0.2) is 18.0 Å². The van der Waals surface area contributed by atoms with E-state index in [1.165, 1.54) is 25.5 Å². The average molecular weight is 178 g/mol. The van der Waals surface area contributed by atoms with Crippen molar-refractivity contribution in [2.75, 3.05) is 12.0 Å². The number of unbranched alkanes of at least 4 members (excludes halogenated alkanes) is 1. The van der Waals surface area contributed by atoms with Gasteiger partial charge in [0.25, 0.3) is 0 Å². The molecule has 0 radical (unpaired) electrons. The normalized spacial score (nSPS) is 8.27. The zero-order valence-electron chi connectivity index (χ0n) is 7.59. The maximum Gasteiger partial charge on any atom is 0.105 e. The lowest BCUT2D eigenvalue weighted by molar-refractivity contribution is -0.305. The molecular formula is C8H18O2S. The van der Waals surface area contributed by atoms with Gasteiger partial charge in [-0.25, -0.2) is 0 Å². The first kappa shape index (κ1) is 13.4. The standard InChI is InChI=1S/C5H12S.C3H6O2/c1-3-4-5-6-2;1-2-3(4)5/h3-5H2,1-2H3;2H2,1H3,(H,4,5). The summed E-state index contributed by atoms with van der Waals surface area (Å²) in [5.74, 6) is 0.390. The zero-order chi connectivity index (χ0) is 9.11. The molecule has 0 aromatic carbocycles. The van der Waals surface area contributed by atoms with E-state index in [0.29, 0.717) is 0 Å². The minimum absolute atomic E-state index is 0.111. The summed E-state index contributed by atoms with van der Waals surface area (Å²) >= 11 is 1.55. The number of rotatable bonds is 4. The van der Waals surface area contributed by atoms with E-state index >= 15 is 0 Å². The van der Waals surface area contributed by atoms with E-state index in [2.05, 4.69) is 13.2 Å². The molecule has 0 amide bonds. The molecular weight excluding hydrogens is 160 g/mol. The number of carbonyl (C=O) groups excluding carboxylic acids is 1. The Bertz CT molecular complexity index is 80.2. The van der Waals surface area contributed by atoms with Crippen LogP contribution < -0.4 is 5.11 Å². The van der Waals surface area contributed by atoms with Gasteiger partial charge in [-0.05, 0) is 24.6 Å². The second kappa shape index (κ2) is 12.5. The van der Waals surface area contributed by atoms with Crippen LogP contribution in [0.5, 0.6) is 0 Å². The first-order valence-corrected chi connectivity index (χ1v) is 5.47. The second-order valence-electron chi connectivity index (χ2n) is 2.12. The number of carbonyl (C=O) groups is 1. The van der Waals surface area contributed by atoms with Crippen LogP contribution in [-0.2, 0) is 16.6 Å². The molecule has 0 aromatic heterocycles. The highest BCUT2D eigenvalue weighted by Crippen LogP contribution is 1.83. The summed E-state index contributed by atoms with van der Waals surface area (Å²) in [4.78, 5) is 9.26. The van der Waals surface area contributed by atoms with Crippen LogP contribution >= 0.6 is 0 Å². The van der Waals surface area contributed by atoms with Crippen molar-refractivity contribution in [1.82, 2.24) is 0 Å². The van der Waals surface area contributed by atoms with Gasteiger partial charge in [-0.3, -0.25) is 0 Å². The third-order valence-corrected chi connectivity index (χ3v) is 1.79. The van der Waals surface area contributed by atoms with Gasteiger partial charge in [0.1, 0.15) is 5.75 Å². The Morgan fingerprint density at radius 2 is 1.91 bits per heavy atom. The second-order valence-corrected chi connectivity index (χ2v) is 3.20. The van der Waals surface area contributed by atoms with Gasteiger partial charge in [-0.2, -0.15) is 0 Å². The summed E-state index contributed by atoms with van der Waals surface area (Å²) in [7, 11) is 0. The number of carboxylic acids is 1. The highest BCUT2D eigenvalue weighted by atomic mass is 32.2. The molecule has 0 aromatic rings.